The topological polar surface area (TPSA) is 40.7 Å². The smallest absolute Gasteiger partial charge is 0.201 e. The second kappa shape index (κ2) is 4.76. The van der Waals surface area contributed by atoms with Crippen LogP contribution in [0.5, 0.6) is 0 Å². The molecule has 0 amide bonds. The first kappa shape index (κ1) is 11.8. The van der Waals surface area contributed by atoms with Crippen LogP contribution in [0.25, 0.3) is 11.0 Å². The van der Waals surface area contributed by atoms with Crippen LogP contribution in [0.3, 0.4) is 0 Å². The number of aromatic amines is 1. The van der Waals surface area contributed by atoms with E-state index in [0.29, 0.717) is 0 Å². The second-order valence-electron chi connectivity index (χ2n) is 4.95. The van der Waals surface area contributed by atoms with Gasteiger partial charge in [0.1, 0.15) is 0 Å². The van der Waals surface area contributed by atoms with Gasteiger partial charge in [0.2, 0.25) is 5.95 Å². The summed E-state index contributed by atoms with van der Waals surface area (Å²) in [7, 11) is 0. The van der Waals surface area contributed by atoms with Gasteiger partial charge in [-0.2, -0.15) is 0 Å². The molecule has 0 aliphatic carbocycles. The average Bonchev–Trinajstić information content (AvgIpc) is 2.80. The first-order chi connectivity index (χ1) is 9.20. The van der Waals surface area contributed by atoms with E-state index in [4.69, 9.17) is 0 Å². The summed E-state index contributed by atoms with van der Waals surface area (Å²) in [6.45, 7) is 4.96. The highest BCUT2D eigenvalue weighted by Crippen LogP contribution is 2.16. The van der Waals surface area contributed by atoms with E-state index in [1.54, 1.807) is 0 Å². The van der Waals surface area contributed by atoms with E-state index in [1.165, 1.54) is 16.7 Å². The van der Waals surface area contributed by atoms with Crippen LogP contribution in [-0.2, 0) is 6.54 Å². The maximum absolute atomic E-state index is 4.52. The Morgan fingerprint density at radius 3 is 2.53 bits per heavy atom. The van der Waals surface area contributed by atoms with Crippen molar-refractivity contribution in [1.82, 2.24) is 9.97 Å². The molecule has 3 aromatic rings. The Kier molecular flexibility index (Phi) is 2.95. The molecule has 3 nitrogen and oxygen atoms in total. The zero-order valence-corrected chi connectivity index (χ0v) is 11.2. The number of hydrogen-bond acceptors (Lipinski definition) is 2. The lowest BCUT2D eigenvalue weighted by atomic mass is 10.1. The van der Waals surface area contributed by atoms with E-state index in [9.17, 15) is 0 Å². The normalized spacial score (nSPS) is 10.8. The Balaban J connectivity index is 1.76. The molecule has 0 fully saturated rings. The predicted molar refractivity (Wildman–Crippen MR) is 79.3 cm³/mol. The van der Waals surface area contributed by atoms with E-state index < -0.39 is 0 Å². The third kappa shape index (κ3) is 2.60. The van der Waals surface area contributed by atoms with Crippen molar-refractivity contribution >= 4 is 17.0 Å². The zero-order chi connectivity index (χ0) is 13.2. The van der Waals surface area contributed by atoms with Crippen molar-refractivity contribution in [2.75, 3.05) is 5.32 Å². The third-order valence-corrected chi connectivity index (χ3v) is 3.22. The van der Waals surface area contributed by atoms with Gasteiger partial charge in [-0.05, 0) is 37.1 Å². The molecule has 0 radical (unpaired) electrons. The summed E-state index contributed by atoms with van der Waals surface area (Å²) in [5, 5.41) is 3.32. The van der Waals surface area contributed by atoms with Crippen LogP contribution in [0.2, 0.25) is 0 Å². The van der Waals surface area contributed by atoms with Crippen molar-refractivity contribution in [3.05, 3.63) is 59.2 Å². The Morgan fingerprint density at radius 2 is 1.74 bits per heavy atom. The fraction of sp³-hybridized carbons (Fsp3) is 0.188. The largest absolute Gasteiger partial charge is 0.352 e. The van der Waals surface area contributed by atoms with Crippen LogP contribution >= 0.6 is 0 Å². The Bertz CT molecular complexity index is 696. The van der Waals surface area contributed by atoms with Crippen LogP contribution in [0, 0.1) is 13.8 Å². The molecule has 0 atom stereocenters. The molecule has 3 heteroatoms. The molecule has 96 valence electrons. The molecule has 1 aromatic heterocycles. The first-order valence-corrected chi connectivity index (χ1v) is 6.46. The molecule has 0 bridgehead atoms. The van der Waals surface area contributed by atoms with Gasteiger partial charge in [0.15, 0.2) is 0 Å². The molecule has 0 spiro atoms. The van der Waals surface area contributed by atoms with Gasteiger partial charge in [-0.3, -0.25) is 0 Å². The molecule has 0 aliphatic rings. The lowest BCUT2D eigenvalue weighted by Crippen LogP contribution is -2.00. The van der Waals surface area contributed by atoms with Crippen molar-refractivity contribution in [3.8, 4) is 0 Å². The highest BCUT2D eigenvalue weighted by atomic mass is 15.1. The van der Waals surface area contributed by atoms with E-state index in [0.717, 1.165) is 23.5 Å². The number of aryl methyl sites for hydroxylation is 2. The predicted octanol–water partition coefficient (Wildman–Crippen LogP) is 3.79. The number of H-pyrrole nitrogens is 1. The third-order valence-electron chi connectivity index (χ3n) is 3.22. The standard InChI is InChI=1S/C16H17N3/c1-11-3-6-13(7-4-11)10-17-16-18-14-8-5-12(2)9-15(14)19-16/h3-9H,10H2,1-2H3,(H2,17,18,19). The van der Waals surface area contributed by atoms with Gasteiger partial charge in [0.05, 0.1) is 11.0 Å². The van der Waals surface area contributed by atoms with Gasteiger partial charge in [-0.15, -0.1) is 0 Å². The fourth-order valence-corrected chi connectivity index (χ4v) is 2.10. The van der Waals surface area contributed by atoms with Crippen LogP contribution < -0.4 is 5.32 Å². The minimum atomic E-state index is 0.777. The molecular weight excluding hydrogens is 234 g/mol. The highest BCUT2D eigenvalue weighted by molar-refractivity contribution is 5.78. The summed E-state index contributed by atoms with van der Waals surface area (Å²) < 4.78 is 0. The number of anilines is 1. The molecule has 1 heterocycles. The number of aromatic nitrogens is 2. The van der Waals surface area contributed by atoms with E-state index in [-0.39, 0.29) is 0 Å². The van der Waals surface area contributed by atoms with Gasteiger partial charge in [-0.1, -0.05) is 35.9 Å². The van der Waals surface area contributed by atoms with E-state index >= 15 is 0 Å². The lowest BCUT2D eigenvalue weighted by molar-refractivity contribution is 1.10. The molecule has 3 rings (SSSR count). The Hall–Kier alpha value is -2.29. The molecule has 0 unspecified atom stereocenters. The van der Waals surface area contributed by atoms with Crippen LogP contribution in [0.15, 0.2) is 42.5 Å². The number of nitrogens with zero attached hydrogens (tertiary/aromatic N) is 1. The molecule has 0 saturated carbocycles. The van der Waals surface area contributed by atoms with E-state index in [1.807, 2.05) is 6.07 Å². The van der Waals surface area contributed by atoms with Gasteiger partial charge in [0, 0.05) is 6.54 Å². The summed E-state index contributed by atoms with van der Waals surface area (Å²) in [5.74, 6) is 0.821. The van der Waals surface area contributed by atoms with Crippen molar-refractivity contribution in [3.63, 3.8) is 0 Å². The lowest BCUT2D eigenvalue weighted by Gasteiger charge is -2.03. The molecule has 2 aromatic carbocycles. The van der Waals surface area contributed by atoms with Crippen molar-refractivity contribution in [2.45, 2.75) is 20.4 Å². The summed E-state index contributed by atoms with van der Waals surface area (Å²) in [4.78, 5) is 7.82. The highest BCUT2D eigenvalue weighted by Gasteiger charge is 2.02. The average molecular weight is 251 g/mol. The number of nitrogens with one attached hydrogen (secondary N) is 2. The van der Waals surface area contributed by atoms with Gasteiger partial charge >= 0.3 is 0 Å². The van der Waals surface area contributed by atoms with Crippen molar-refractivity contribution < 1.29 is 0 Å². The second-order valence-corrected chi connectivity index (χ2v) is 4.95. The van der Waals surface area contributed by atoms with Crippen LogP contribution in [0.4, 0.5) is 5.95 Å². The maximum atomic E-state index is 4.52. The summed E-state index contributed by atoms with van der Waals surface area (Å²) in [5.41, 5.74) is 5.84. The van der Waals surface area contributed by atoms with Gasteiger partial charge in [-0.25, -0.2) is 4.98 Å². The minimum Gasteiger partial charge on any atom is -0.352 e. The fourth-order valence-electron chi connectivity index (χ4n) is 2.10. The maximum Gasteiger partial charge on any atom is 0.201 e. The molecule has 0 saturated heterocycles. The van der Waals surface area contributed by atoms with Crippen molar-refractivity contribution in [2.24, 2.45) is 0 Å². The zero-order valence-electron chi connectivity index (χ0n) is 11.2. The molecular formula is C16H17N3. The number of rotatable bonds is 3. The summed E-state index contributed by atoms with van der Waals surface area (Å²) in [6, 6.07) is 14.7. The SMILES string of the molecule is Cc1ccc(CNc2nc3ccc(C)cc3[nH]2)cc1. The first-order valence-electron chi connectivity index (χ1n) is 6.46. The number of benzene rings is 2. The minimum absolute atomic E-state index is 0.777. The monoisotopic (exact) mass is 251 g/mol. The quantitative estimate of drug-likeness (QED) is 0.743. The molecule has 2 N–H and O–H groups in total. The molecule has 19 heavy (non-hydrogen) atoms. The molecule has 0 aliphatic heterocycles. The van der Waals surface area contributed by atoms with E-state index in [2.05, 4.69) is 65.5 Å². The van der Waals surface area contributed by atoms with Crippen LogP contribution in [0.1, 0.15) is 16.7 Å². The number of hydrogen-bond donors (Lipinski definition) is 2. The number of imidazole rings is 1. The number of fused-ring (bicyclic) bond motifs is 1. The summed E-state index contributed by atoms with van der Waals surface area (Å²) in [6.07, 6.45) is 0. The van der Waals surface area contributed by atoms with Gasteiger partial charge in [0.25, 0.3) is 0 Å². The summed E-state index contributed by atoms with van der Waals surface area (Å²) >= 11 is 0. The van der Waals surface area contributed by atoms with Crippen LogP contribution in [-0.4, -0.2) is 9.97 Å². The Morgan fingerprint density at radius 1 is 1.00 bits per heavy atom. The van der Waals surface area contributed by atoms with Crippen molar-refractivity contribution in [1.29, 1.82) is 0 Å². The van der Waals surface area contributed by atoms with Gasteiger partial charge < -0.3 is 10.3 Å². The Labute approximate surface area is 112 Å².